The van der Waals surface area contributed by atoms with Gasteiger partial charge in [-0.15, -0.1) is 0 Å². The zero-order valence-electron chi connectivity index (χ0n) is 21.0. The number of carbonyl (C=O) groups is 2. The van der Waals surface area contributed by atoms with Crippen LogP contribution in [0, 0.1) is 12.8 Å². The smallest absolute Gasteiger partial charge is 0.309 e. The van der Waals surface area contributed by atoms with Crippen LogP contribution in [0.1, 0.15) is 57.1 Å². The topological polar surface area (TPSA) is 84.2 Å². The van der Waals surface area contributed by atoms with E-state index in [0.717, 1.165) is 24.8 Å². The van der Waals surface area contributed by atoms with E-state index in [-0.39, 0.29) is 23.4 Å². The molecule has 0 atom stereocenters. The van der Waals surface area contributed by atoms with Crippen molar-refractivity contribution in [1.29, 1.82) is 0 Å². The fraction of sp³-hybridized carbons (Fsp3) is 0.500. The number of hydrogen-bond acceptors (Lipinski definition) is 8. The van der Waals surface area contributed by atoms with Gasteiger partial charge in [0.15, 0.2) is 0 Å². The summed E-state index contributed by atoms with van der Waals surface area (Å²) in [7, 11) is 0. The molecule has 2 aliphatic rings. The number of rotatable bonds is 8. The molecule has 0 aliphatic carbocycles. The summed E-state index contributed by atoms with van der Waals surface area (Å²) >= 11 is 6.71. The Kier molecular flexibility index (Phi) is 8.46. The van der Waals surface area contributed by atoms with Crippen LogP contribution in [0.15, 0.2) is 28.0 Å². The first-order valence-electron chi connectivity index (χ1n) is 12.5. The van der Waals surface area contributed by atoms with Crippen LogP contribution in [0.2, 0.25) is 0 Å². The van der Waals surface area contributed by atoms with Crippen molar-refractivity contribution in [3.8, 4) is 0 Å². The molecular formula is C26H32N4O4S2. The van der Waals surface area contributed by atoms with E-state index in [4.69, 9.17) is 21.9 Å². The maximum absolute atomic E-state index is 13.7. The molecule has 0 aromatic carbocycles. The van der Waals surface area contributed by atoms with Crippen molar-refractivity contribution in [1.82, 2.24) is 14.3 Å². The lowest BCUT2D eigenvalue weighted by atomic mass is 9.96. The molecule has 0 radical (unpaired) electrons. The predicted octanol–water partition coefficient (Wildman–Crippen LogP) is 4.17. The Balaban J connectivity index is 1.71. The first-order valence-corrected chi connectivity index (χ1v) is 13.8. The Morgan fingerprint density at radius 3 is 2.69 bits per heavy atom. The monoisotopic (exact) mass is 528 g/mol. The number of unbranched alkanes of at least 4 members (excludes halogenated alkanes) is 2. The van der Waals surface area contributed by atoms with E-state index in [1.807, 2.05) is 24.0 Å². The lowest BCUT2D eigenvalue weighted by Crippen LogP contribution is -2.39. The lowest BCUT2D eigenvalue weighted by Gasteiger charge is -2.32. The van der Waals surface area contributed by atoms with Gasteiger partial charge in [0.1, 0.15) is 15.8 Å². The molecule has 2 aromatic heterocycles. The highest BCUT2D eigenvalue weighted by Crippen LogP contribution is 2.34. The number of pyridine rings is 1. The molecule has 8 nitrogen and oxygen atoms in total. The molecule has 0 spiro atoms. The van der Waals surface area contributed by atoms with Gasteiger partial charge in [0.2, 0.25) is 0 Å². The number of nitrogens with zero attached hydrogens (tertiary/aromatic N) is 4. The van der Waals surface area contributed by atoms with E-state index in [1.165, 1.54) is 16.2 Å². The third-order valence-electron chi connectivity index (χ3n) is 6.61. The Morgan fingerprint density at radius 1 is 1.25 bits per heavy atom. The quantitative estimate of drug-likeness (QED) is 0.218. The number of thiocarbonyl (C=S) groups is 1. The van der Waals surface area contributed by atoms with Crippen LogP contribution in [0.5, 0.6) is 0 Å². The minimum atomic E-state index is -0.234. The second-order valence-electron chi connectivity index (χ2n) is 9.09. The number of piperidine rings is 1. The van der Waals surface area contributed by atoms with Gasteiger partial charge in [-0.2, -0.15) is 0 Å². The highest BCUT2D eigenvalue weighted by Gasteiger charge is 2.33. The van der Waals surface area contributed by atoms with Crippen LogP contribution in [-0.4, -0.2) is 56.7 Å². The van der Waals surface area contributed by atoms with Gasteiger partial charge < -0.3 is 9.64 Å². The number of aryl methyl sites for hydroxylation is 1. The summed E-state index contributed by atoms with van der Waals surface area (Å²) in [5, 5.41) is 0. The molecule has 2 aliphatic heterocycles. The van der Waals surface area contributed by atoms with E-state index in [2.05, 4.69) is 6.92 Å². The number of amides is 1. The molecular weight excluding hydrogens is 496 g/mol. The molecule has 0 unspecified atom stereocenters. The normalized spacial score (nSPS) is 18.0. The van der Waals surface area contributed by atoms with Crippen molar-refractivity contribution in [3.05, 3.63) is 44.7 Å². The van der Waals surface area contributed by atoms with Crippen molar-refractivity contribution in [2.75, 3.05) is 31.1 Å². The third-order valence-corrected chi connectivity index (χ3v) is 7.99. The fourth-order valence-electron chi connectivity index (χ4n) is 4.60. The third kappa shape index (κ3) is 5.34. The molecule has 0 N–H and O–H groups in total. The van der Waals surface area contributed by atoms with Gasteiger partial charge in [0.05, 0.1) is 23.0 Å². The molecule has 2 fully saturated rings. The number of thioether (sulfide) groups is 1. The van der Waals surface area contributed by atoms with Crippen LogP contribution in [0.25, 0.3) is 11.7 Å². The van der Waals surface area contributed by atoms with Crippen molar-refractivity contribution >= 4 is 57.7 Å². The second-order valence-corrected chi connectivity index (χ2v) is 10.8. The predicted molar refractivity (Wildman–Crippen MR) is 147 cm³/mol. The first kappa shape index (κ1) is 26.3. The van der Waals surface area contributed by atoms with Crippen LogP contribution in [0.3, 0.4) is 0 Å². The number of esters is 1. The van der Waals surface area contributed by atoms with Crippen LogP contribution in [-0.2, 0) is 14.3 Å². The summed E-state index contributed by atoms with van der Waals surface area (Å²) in [5.74, 6) is 0.0356. The Labute approximate surface area is 220 Å². The number of anilines is 1. The first-order chi connectivity index (χ1) is 17.3. The van der Waals surface area contributed by atoms with Gasteiger partial charge in [-0.25, -0.2) is 4.98 Å². The van der Waals surface area contributed by atoms with Gasteiger partial charge in [0, 0.05) is 25.8 Å². The highest BCUT2D eigenvalue weighted by atomic mass is 32.2. The van der Waals surface area contributed by atoms with Crippen LogP contribution >= 0.6 is 24.0 Å². The molecule has 4 rings (SSSR count). The van der Waals surface area contributed by atoms with Gasteiger partial charge in [-0.1, -0.05) is 49.8 Å². The molecule has 36 heavy (non-hydrogen) atoms. The molecule has 2 saturated heterocycles. The molecule has 0 bridgehead atoms. The van der Waals surface area contributed by atoms with Crippen molar-refractivity contribution in [2.45, 2.75) is 52.9 Å². The Hall–Kier alpha value is -2.72. The van der Waals surface area contributed by atoms with Gasteiger partial charge in [-0.3, -0.25) is 23.7 Å². The maximum Gasteiger partial charge on any atom is 0.309 e. The average molecular weight is 529 g/mol. The summed E-state index contributed by atoms with van der Waals surface area (Å²) in [6.07, 6.45) is 7.55. The highest BCUT2D eigenvalue weighted by molar-refractivity contribution is 8.26. The van der Waals surface area contributed by atoms with E-state index < -0.39 is 0 Å². The molecule has 10 heteroatoms. The second kappa shape index (κ2) is 11.6. The van der Waals surface area contributed by atoms with E-state index >= 15 is 0 Å². The van der Waals surface area contributed by atoms with Crippen molar-refractivity contribution in [2.24, 2.45) is 5.92 Å². The summed E-state index contributed by atoms with van der Waals surface area (Å²) in [6.45, 7) is 7.91. The maximum atomic E-state index is 13.7. The van der Waals surface area contributed by atoms with Crippen LogP contribution in [0.4, 0.5) is 5.82 Å². The largest absolute Gasteiger partial charge is 0.466 e. The van der Waals surface area contributed by atoms with E-state index in [9.17, 15) is 14.4 Å². The van der Waals surface area contributed by atoms with Gasteiger partial charge >= 0.3 is 5.97 Å². The summed E-state index contributed by atoms with van der Waals surface area (Å²) in [5.41, 5.74) is 1.59. The minimum absolute atomic E-state index is 0.160. The Bertz CT molecular complexity index is 1260. The Morgan fingerprint density at radius 2 is 2.00 bits per heavy atom. The minimum Gasteiger partial charge on any atom is -0.466 e. The summed E-state index contributed by atoms with van der Waals surface area (Å²) < 4.78 is 7.24. The number of carbonyl (C=O) groups excluding carboxylic acids is 2. The van der Waals surface area contributed by atoms with Gasteiger partial charge in [-0.05, 0) is 50.8 Å². The number of ether oxygens (including phenoxy) is 1. The number of fused-ring (bicyclic) bond motifs is 1. The molecule has 1 amide bonds. The molecule has 4 heterocycles. The van der Waals surface area contributed by atoms with E-state index in [1.54, 1.807) is 24.1 Å². The summed E-state index contributed by atoms with van der Waals surface area (Å²) in [4.78, 5) is 48.1. The molecule has 0 saturated carbocycles. The summed E-state index contributed by atoms with van der Waals surface area (Å²) in [6, 6.07) is 3.73. The van der Waals surface area contributed by atoms with Crippen LogP contribution < -0.4 is 10.5 Å². The average Bonchev–Trinajstić information content (AvgIpc) is 3.14. The van der Waals surface area contributed by atoms with Gasteiger partial charge in [0.25, 0.3) is 11.5 Å². The zero-order chi connectivity index (χ0) is 25.8. The number of aromatic nitrogens is 2. The standard InChI is InChI=1S/C26H32N4O4S2/c1-4-6-7-12-30-24(32)20(36-26(30)35)16-19-22(27-21-17(3)9-8-13-29(21)23(19)31)28-14-10-18(11-15-28)25(33)34-5-2/h8-9,13,16,18H,4-7,10-12,14-15H2,1-3H3/b20-16-. The van der Waals surface area contributed by atoms with E-state index in [0.29, 0.717) is 65.3 Å². The van der Waals surface area contributed by atoms with Crippen molar-refractivity contribution in [3.63, 3.8) is 0 Å². The fourth-order valence-corrected chi connectivity index (χ4v) is 5.89. The van der Waals surface area contributed by atoms with Crippen molar-refractivity contribution < 1.29 is 14.3 Å². The SMILES string of the molecule is CCCCCN1C(=O)/C(=C/c2c(N3CCC(C(=O)OCC)CC3)nc3c(C)cccn3c2=O)SC1=S. The zero-order valence-corrected chi connectivity index (χ0v) is 22.6. The molecule has 192 valence electrons. The molecule has 2 aromatic rings. The number of hydrogen-bond donors (Lipinski definition) is 0. The lowest BCUT2D eigenvalue weighted by molar-refractivity contribution is -0.148.